The van der Waals surface area contributed by atoms with Crippen LogP contribution < -0.4 is 11.2 Å². The first-order chi connectivity index (χ1) is 12.0. The van der Waals surface area contributed by atoms with Gasteiger partial charge >= 0.3 is 5.69 Å². The molecule has 0 saturated carbocycles. The Balaban J connectivity index is 1.66. The Morgan fingerprint density at radius 3 is 2.80 bits per heavy atom. The maximum Gasteiger partial charge on any atom is 0.330 e. The van der Waals surface area contributed by atoms with Crippen molar-refractivity contribution in [2.45, 2.75) is 31.8 Å². The van der Waals surface area contributed by atoms with E-state index in [1.54, 1.807) is 31.2 Å². The summed E-state index contributed by atoms with van der Waals surface area (Å²) in [5.41, 5.74) is -0.0550. The van der Waals surface area contributed by atoms with Crippen LogP contribution >= 0.6 is 11.8 Å². The van der Waals surface area contributed by atoms with Crippen LogP contribution in [0.5, 0.6) is 0 Å². The summed E-state index contributed by atoms with van der Waals surface area (Å²) < 4.78 is 7.01. The molecule has 1 fully saturated rings. The topological polar surface area (TPSA) is 101 Å². The summed E-state index contributed by atoms with van der Waals surface area (Å²) in [5.74, 6) is 0.280. The summed E-state index contributed by atoms with van der Waals surface area (Å²) in [5, 5.41) is 10.1. The van der Waals surface area contributed by atoms with Gasteiger partial charge in [-0.15, -0.1) is 0 Å². The molecule has 3 rings (SSSR count). The van der Waals surface area contributed by atoms with Gasteiger partial charge in [0.05, 0.1) is 12.2 Å². The van der Waals surface area contributed by atoms with E-state index < -0.39 is 29.7 Å². The summed E-state index contributed by atoms with van der Waals surface area (Å²) >= 11 is 1.07. The zero-order valence-electron chi connectivity index (χ0n) is 13.5. The predicted octanol–water partition coefficient (Wildman–Crippen LogP) is 1.07. The number of thioether (sulfide) groups is 1. The van der Waals surface area contributed by atoms with Crippen molar-refractivity contribution in [2.24, 2.45) is 0 Å². The molecule has 2 heterocycles. The van der Waals surface area contributed by atoms with Crippen molar-refractivity contribution in [1.82, 2.24) is 9.55 Å². The Morgan fingerprint density at radius 1 is 1.36 bits per heavy atom. The van der Waals surface area contributed by atoms with E-state index in [0.717, 1.165) is 11.8 Å². The van der Waals surface area contributed by atoms with E-state index in [2.05, 4.69) is 4.98 Å². The number of aryl methyl sites for hydroxylation is 1. The van der Waals surface area contributed by atoms with E-state index in [4.69, 9.17) is 4.74 Å². The van der Waals surface area contributed by atoms with Gasteiger partial charge < -0.3 is 9.84 Å². The predicted molar refractivity (Wildman–Crippen MR) is 93.8 cm³/mol. The second-order valence-electron chi connectivity index (χ2n) is 5.88. The van der Waals surface area contributed by atoms with Gasteiger partial charge in [0.2, 0.25) is 5.12 Å². The Bertz CT molecular complexity index is 877. The van der Waals surface area contributed by atoms with Gasteiger partial charge in [0.25, 0.3) is 5.56 Å². The van der Waals surface area contributed by atoms with Crippen LogP contribution in [0.1, 0.15) is 28.6 Å². The first-order valence-corrected chi connectivity index (χ1v) is 8.82. The molecule has 1 aliphatic heterocycles. The molecule has 2 N–H and O–H groups in total. The third kappa shape index (κ3) is 3.92. The number of rotatable bonds is 4. The first kappa shape index (κ1) is 17.7. The Kier molecular flexibility index (Phi) is 5.22. The van der Waals surface area contributed by atoms with Gasteiger partial charge in [-0.1, -0.05) is 42.1 Å². The highest BCUT2D eigenvalue weighted by atomic mass is 32.2. The zero-order valence-corrected chi connectivity index (χ0v) is 14.4. The first-order valence-electron chi connectivity index (χ1n) is 7.83. The minimum absolute atomic E-state index is 0.100. The summed E-state index contributed by atoms with van der Waals surface area (Å²) in [7, 11) is 0. The molecule has 1 aromatic carbocycles. The maximum atomic E-state index is 12.1. The molecule has 3 atom stereocenters. The Morgan fingerprint density at radius 2 is 2.08 bits per heavy atom. The zero-order chi connectivity index (χ0) is 18.0. The highest BCUT2D eigenvalue weighted by Crippen LogP contribution is 2.30. The van der Waals surface area contributed by atoms with Crippen LogP contribution in [0.2, 0.25) is 0 Å². The van der Waals surface area contributed by atoms with Gasteiger partial charge in [-0.2, -0.15) is 0 Å². The number of benzene rings is 1. The fourth-order valence-corrected chi connectivity index (χ4v) is 3.57. The van der Waals surface area contributed by atoms with Crippen LogP contribution in [0.15, 0.2) is 46.1 Å². The van der Waals surface area contributed by atoms with Gasteiger partial charge in [-0.25, -0.2) is 4.79 Å². The number of aromatic amines is 1. The Labute approximate surface area is 147 Å². The van der Waals surface area contributed by atoms with E-state index in [1.165, 1.54) is 10.8 Å². The van der Waals surface area contributed by atoms with Crippen LogP contribution in [0.25, 0.3) is 0 Å². The van der Waals surface area contributed by atoms with Crippen LogP contribution in [0.4, 0.5) is 0 Å². The van der Waals surface area contributed by atoms with Crippen molar-refractivity contribution in [2.75, 3.05) is 5.75 Å². The number of aliphatic hydroxyl groups is 1. The second-order valence-corrected chi connectivity index (χ2v) is 6.87. The lowest BCUT2D eigenvalue weighted by Crippen LogP contribution is -2.33. The number of nitrogens with zero attached hydrogens (tertiary/aromatic N) is 1. The van der Waals surface area contributed by atoms with Crippen LogP contribution in [0, 0.1) is 6.92 Å². The number of hydrogen-bond acceptors (Lipinski definition) is 6. The number of nitrogens with one attached hydrogen (secondary N) is 1. The molecular formula is C17H18N2O5S. The molecule has 7 nitrogen and oxygen atoms in total. The number of carbonyl (C=O) groups excluding carboxylic acids is 1. The fraction of sp³-hybridized carbons (Fsp3) is 0.353. The smallest absolute Gasteiger partial charge is 0.330 e. The van der Waals surface area contributed by atoms with Gasteiger partial charge in [0.15, 0.2) is 0 Å². The quantitative estimate of drug-likeness (QED) is 0.844. The summed E-state index contributed by atoms with van der Waals surface area (Å²) in [4.78, 5) is 37.7. The SMILES string of the molecule is Cc1cn([C@H]2C[C@@H](O)[C@@H](CSC(=O)c3ccccc3)O2)c(=O)[nH]c1=O. The van der Waals surface area contributed by atoms with Gasteiger partial charge in [-0.05, 0) is 6.92 Å². The maximum absolute atomic E-state index is 12.1. The lowest BCUT2D eigenvalue weighted by atomic mass is 10.2. The summed E-state index contributed by atoms with van der Waals surface area (Å²) in [6, 6.07) is 8.87. The molecule has 1 aliphatic rings. The molecule has 132 valence electrons. The number of aromatic nitrogens is 2. The molecule has 1 saturated heterocycles. The van der Waals surface area contributed by atoms with Gasteiger partial charge in [0.1, 0.15) is 6.23 Å². The van der Waals surface area contributed by atoms with Crippen molar-refractivity contribution >= 4 is 16.9 Å². The molecule has 8 heteroatoms. The summed E-state index contributed by atoms with van der Waals surface area (Å²) in [6.07, 6.45) is -0.392. The van der Waals surface area contributed by atoms with Gasteiger partial charge in [-0.3, -0.25) is 19.1 Å². The standard InChI is InChI=1S/C17H18N2O5S/c1-10-8-19(17(23)18-15(10)21)14-7-12(20)13(24-14)9-25-16(22)11-5-3-2-4-6-11/h2-6,8,12-14,20H,7,9H2,1H3,(H,18,21,23)/t12-,13-,14-/m1/s1. The molecule has 1 aromatic heterocycles. The Hall–Kier alpha value is -2.16. The van der Waals surface area contributed by atoms with E-state index in [1.807, 2.05) is 6.07 Å². The number of carbonyl (C=O) groups is 1. The lowest BCUT2D eigenvalue weighted by Gasteiger charge is -2.15. The highest BCUT2D eigenvalue weighted by molar-refractivity contribution is 8.14. The third-order valence-electron chi connectivity index (χ3n) is 4.05. The van der Waals surface area contributed by atoms with E-state index >= 15 is 0 Å². The monoisotopic (exact) mass is 362 g/mol. The number of hydrogen-bond donors (Lipinski definition) is 2. The molecule has 0 aliphatic carbocycles. The summed E-state index contributed by atoms with van der Waals surface area (Å²) in [6.45, 7) is 1.59. The molecule has 0 unspecified atom stereocenters. The molecule has 0 radical (unpaired) electrons. The molecule has 0 bridgehead atoms. The van der Waals surface area contributed by atoms with Crippen LogP contribution in [0.3, 0.4) is 0 Å². The van der Waals surface area contributed by atoms with Crippen molar-refractivity contribution in [3.63, 3.8) is 0 Å². The minimum atomic E-state index is -0.791. The average Bonchev–Trinajstić information content (AvgIpc) is 2.97. The molecule has 2 aromatic rings. The number of H-pyrrole nitrogens is 1. The second kappa shape index (κ2) is 7.38. The third-order valence-corrected chi connectivity index (χ3v) is 5.04. The van der Waals surface area contributed by atoms with Crippen LogP contribution in [-0.4, -0.2) is 37.7 Å². The van der Waals surface area contributed by atoms with E-state index in [-0.39, 0.29) is 17.3 Å². The molecule has 0 amide bonds. The van der Waals surface area contributed by atoms with Crippen LogP contribution in [-0.2, 0) is 4.74 Å². The minimum Gasteiger partial charge on any atom is -0.390 e. The van der Waals surface area contributed by atoms with Crippen molar-refractivity contribution < 1.29 is 14.6 Å². The normalized spacial score (nSPS) is 22.9. The van der Waals surface area contributed by atoms with Crippen molar-refractivity contribution in [1.29, 1.82) is 0 Å². The van der Waals surface area contributed by atoms with Crippen molar-refractivity contribution in [3.8, 4) is 0 Å². The molecule has 25 heavy (non-hydrogen) atoms. The lowest BCUT2D eigenvalue weighted by molar-refractivity contribution is -0.00763. The fourth-order valence-electron chi connectivity index (χ4n) is 2.65. The number of aliphatic hydroxyl groups excluding tert-OH is 1. The molecular weight excluding hydrogens is 344 g/mol. The molecule has 0 spiro atoms. The van der Waals surface area contributed by atoms with Crippen molar-refractivity contribution in [3.05, 3.63) is 68.5 Å². The van der Waals surface area contributed by atoms with E-state index in [9.17, 15) is 19.5 Å². The largest absolute Gasteiger partial charge is 0.390 e. The average molecular weight is 362 g/mol. The van der Waals surface area contributed by atoms with Gasteiger partial charge in [0, 0.05) is 29.5 Å². The number of ether oxygens (including phenoxy) is 1. The highest BCUT2D eigenvalue weighted by Gasteiger charge is 2.36. The van der Waals surface area contributed by atoms with E-state index in [0.29, 0.717) is 11.1 Å².